The molecule has 2 amide bonds. The summed E-state index contributed by atoms with van der Waals surface area (Å²) in [5.74, 6) is -0.0719. The van der Waals surface area contributed by atoms with Crippen molar-refractivity contribution in [3.05, 3.63) is 24.0 Å². The number of nitrogens with zero attached hydrogens (tertiary/aromatic N) is 2. The Labute approximate surface area is 112 Å². The van der Waals surface area contributed by atoms with Crippen molar-refractivity contribution in [2.24, 2.45) is 0 Å². The first-order valence-electron chi connectivity index (χ1n) is 6.66. The first-order chi connectivity index (χ1) is 9.11. The number of rotatable bonds is 1. The number of nitrogens with one attached hydrogen (secondary N) is 1. The van der Waals surface area contributed by atoms with Gasteiger partial charge in [-0.1, -0.05) is 12.8 Å². The van der Waals surface area contributed by atoms with Gasteiger partial charge < -0.3 is 5.32 Å². The molecule has 1 aromatic heterocycles. The van der Waals surface area contributed by atoms with Crippen molar-refractivity contribution in [3.8, 4) is 0 Å². The van der Waals surface area contributed by atoms with Gasteiger partial charge in [-0.25, -0.2) is 0 Å². The number of carbonyl (C=O) groups excluding carboxylic acids is 2. The van der Waals surface area contributed by atoms with Crippen molar-refractivity contribution in [1.82, 2.24) is 10.3 Å². The Morgan fingerprint density at radius 2 is 2.00 bits per heavy atom. The van der Waals surface area contributed by atoms with Crippen molar-refractivity contribution >= 4 is 17.5 Å². The van der Waals surface area contributed by atoms with Crippen LogP contribution in [-0.4, -0.2) is 28.9 Å². The van der Waals surface area contributed by atoms with Gasteiger partial charge in [0.15, 0.2) is 0 Å². The van der Waals surface area contributed by atoms with Gasteiger partial charge in [0.25, 0.3) is 5.91 Å². The molecule has 5 nitrogen and oxygen atoms in total. The Kier molecular flexibility index (Phi) is 2.77. The molecule has 0 atom stereocenters. The van der Waals surface area contributed by atoms with Gasteiger partial charge in [-0.15, -0.1) is 0 Å². The van der Waals surface area contributed by atoms with E-state index in [0.717, 1.165) is 31.4 Å². The number of piperazine rings is 1. The van der Waals surface area contributed by atoms with E-state index >= 15 is 0 Å². The molecule has 100 valence electrons. The summed E-state index contributed by atoms with van der Waals surface area (Å²) in [6, 6.07) is 3.71. The third-order valence-corrected chi connectivity index (χ3v) is 4.00. The Balaban J connectivity index is 1.94. The molecule has 1 aliphatic heterocycles. The summed E-state index contributed by atoms with van der Waals surface area (Å²) >= 11 is 0. The molecular weight excluding hydrogens is 242 g/mol. The van der Waals surface area contributed by atoms with E-state index in [4.69, 9.17) is 0 Å². The number of anilines is 1. The molecule has 3 rings (SSSR count). The number of aryl methyl sites for hydroxylation is 1. The van der Waals surface area contributed by atoms with Crippen molar-refractivity contribution in [3.63, 3.8) is 0 Å². The van der Waals surface area contributed by atoms with Gasteiger partial charge in [0.2, 0.25) is 5.91 Å². The summed E-state index contributed by atoms with van der Waals surface area (Å²) in [6.07, 6.45) is 5.13. The number of hydrogen-bond donors (Lipinski definition) is 1. The first kappa shape index (κ1) is 12.1. The Hall–Kier alpha value is -1.91. The highest BCUT2D eigenvalue weighted by molar-refractivity contribution is 6.09. The van der Waals surface area contributed by atoms with Crippen LogP contribution >= 0.6 is 0 Å². The van der Waals surface area contributed by atoms with Crippen LogP contribution in [0.4, 0.5) is 5.69 Å². The number of hydrogen-bond acceptors (Lipinski definition) is 3. The Bertz CT molecular complexity index is 518. The molecule has 0 bridgehead atoms. The predicted molar refractivity (Wildman–Crippen MR) is 70.7 cm³/mol. The topological polar surface area (TPSA) is 62.3 Å². The lowest BCUT2D eigenvalue weighted by atomic mass is 9.93. The summed E-state index contributed by atoms with van der Waals surface area (Å²) in [4.78, 5) is 30.3. The average Bonchev–Trinajstić information content (AvgIpc) is 2.84. The van der Waals surface area contributed by atoms with Crippen molar-refractivity contribution in [2.75, 3.05) is 11.4 Å². The minimum Gasteiger partial charge on any atom is -0.340 e. The lowest BCUT2D eigenvalue weighted by Crippen LogP contribution is -2.65. The van der Waals surface area contributed by atoms with Crippen molar-refractivity contribution < 1.29 is 9.59 Å². The van der Waals surface area contributed by atoms with Crippen LogP contribution in [0.1, 0.15) is 31.4 Å². The van der Waals surface area contributed by atoms with E-state index in [-0.39, 0.29) is 18.4 Å². The maximum atomic E-state index is 12.7. The van der Waals surface area contributed by atoms with Crippen LogP contribution in [0.2, 0.25) is 0 Å². The van der Waals surface area contributed by atoms with Gasteiger partial charge in [-0.2, -0.15) is 0 Å². The molecule has 1 N–H and O–H groups in total. The fraction of sp³-hybridized carbons (Fsp3) is 0.500. The molecular formula is C14H17N3O2. The van der Waals surface area contributed by atoms with Crippen LogP contribution in [0, 0.1) is 6.92 Å². The van der Waals surface area contributed by atoms with Crippen molar-refractivity contribution in [2.45, 2.75) is 38.1 Å². The van der Waals surface area contributed by atoms with E-state index in [1.807, 2.05) is 19.1 Å². The van der Waals surface area contributed by atoms with Gasteiger partial charge in [0.05, 0.1) is 11.9 Å². The molecule has 1 saturated heterocycles. The van der Waals surface area contributed by atoms with Crippen LogP contribution in [0.5, 0.6) is 0 Å². The van der Waals surface area contributed by atoms with Gasteiger partial charge in [-0.3, -0.25) is 19.5 Å². The number of pyridine rings is 1. The minimum atomic E-state index is -0.666. The second-order valence-corrected chi connectivity index (χ2v) is 5.39. The molecule has 19 heavy (non-hydrogen) atoms. The molecule has 0 aromatic carbocycles. The van der Waals surface area contributed by atoms with E-state index in [0.29, 0.717) is 5.69 Å². The average molecular weight is 259 g/mol. The van der Waals surface area contributed by atoms with Gasteiger partial charge in [0, 0.05) is 5.69 Å². The van der Waals surface area contributed by atoms with E-state index in [1.54, 1.807) is 11.1 Å². The predicted octanol–water partition coefficient (Wildman–Crippen LogP) is 1.17. The number of aromatic nitrogens is 1. The fourth-order valence-electron chi connectivity index (χ4n) is 2.98. The standard InChI is InChI=1S/C14H17N3O2/c1-10-4-5-11(8-15-10)17-9-12(18)16-14(13(17)19)6-2-3-7-14/h4-5,8H,2-3,6-7,9H2,1H3,(H,16,18). The highest BCUT2D eigenvalue weighted by Gasteiger charge is 2.48. The van der Waals surface area contributed by atoms with E-state index in [9.17, 15) is 9.59 Å². The van der Waals surface area contributed by atoms with Crippen LogP contribution in [0.15, 0.2) is 18.3 Å². The Morgan fingerprint density at radius 1 is 1.26 bits per heavy atom. The third kappa shape index (κ3) is 1.99. The largest absolute Gasteiger partial charge is 0.340 e. The second kappa shape index (κ2) is 4.33. The highest BCUT2D eigenvalue weighted by Crippen LogP contribution is 2.34. The molecule has 1 spiro atoms. The van der Waals surface area contributed by atoms with Crippen molar-refractivity contribution in [1.29, 1.82) is 0 Å². The van der Waals surface area contributed by atoms with Gasteiger partial charge in [-0.05, 0) is 31.9 Å². The molecule has 2 heterocycles. The molecule has 1 aromatic rings. The lowest BCUT2D eigenvalue weighted by Gasteiger charge is -2.39. The molecule has 1 saturated carbocycles. The van der Waals surface area contributed by atoms with Crippen LogP contribution in [0.3, 0.4) is 0 Å². The minimum absolute atomic E-state index is 0.00949. The SMILES string of the molecule is Cc1ccc(N2CC(=O)NC3(CCCC3)C2=O)cn1. The van der Waals surface area contributed by atoms with E-state index in [2.05, 4.69) is 10.3 Å². The molecule has 5 heteroatoms. The zero-order valence-corrected chi connectivity index (χ0v) is 11.0. The lowest BCUT2D eigenvalue weighted by molar-refractivity contribution is -0.135. The third-order valence-electron chi connectivity index (χ3n) is 4.00. The fourth-order valence-corrected chi connectivity index (χ4v) is 2.98. The summed E-state index contributed by atoms with van der Waals surface area (Å²) < 4.78 is 0. The number of amides is 2. The summed E-state index contributed by atoms with van der Waals surface area (Å²) in [6.45, 7) is 1.98. The zero-order chi connectivity index (χ0) is 13.5. The molecule has 2 fully saturated rings. The first-order valence-corrected chi connectivity index (χ1v) is 6.66. The maximum absolute atomic E-state index is 12.7. The normalized spacial score (nSPS) is 21.8. The number of carbonyl (C=O) groups is 2. The second-order valence-electron chi connectivity index (χ2n) is 5.39. The molecule has 0 unspecified atom stereocenters. The highest BCUT2D eigenvalue weighted by atomic mass is 16.2. The van der Waals surface area contributed by atoms with Gasteiger partial charge in [0.1, 0.15) is 12.1 Å². The van der Waals surface area contributed by atoms with Crippen LogP contribution in [0.25, 0.3) is 0 Å². The summed E-state index contributed by atoms with van der Waals surface area (Å²) in [7, 11) is 0. The quantitative estimate of drug-likeness (QED) is 0.823. The summed E-state index contributed by atoms with van der Waals surface area (Å²) in [5.41, 5.74) is 0.935. The van der Waals surface area contributed by atoms with E-state index in [1.165, 1.54) is 0 Å². The van der Waals surface area contributed by atoms with Gasteiger partial charge >= 0.3 is 0 Å². The zero-order valence-electron chi connectivity index (χ0n) is 11.0. The van der Waals surface area contributed by atoms with Crippen LogP contribution < -0.4 is 10.2 Å². The molecule has 0 radical (unpaired) electrons. The molecule has 1 aliphatic carbocycles. The van der Waals surface area contributed by atoms with Crippen LogP contribution in [-0.2, 0) is 9.59 Å². The molecule has 2 aliphatic rings. The van der Waals surface area contributed by atoms with E-state index < -0.39 is 5.54 Å². The monoisotopic (exact) mass is 259 g/mol. The maximum Gasteiger partial charge on any atom is 0.253 e. The summed E-state index contributed by atoms with van der Waals surface area (Å²) in [5, 5.41) is 2.90. The Morgan fingerprint density at radius 3 is 2.63 bits per heavy atom. The smallest absolute Gasteiger partial charge is 0.253 e.